The van der Waals surface area contributed by atoms with Gasteiger partial charge in [-0.2, -0.15) is 0 Å². The molecule has 0 heterocycles. The zero-order valence-corrected chi connectivity index (χ0v) is 13.2. The number of rotatable bonds is 13. The SMILES string of the molecule is CCCCCCCCCC=CCCCCC(C)C. The van der Waals surface area contributed by atoms with Crippen molar-refractivity contribution in [1.82, 2.24) is 0 Å². The van der Waals surface area contributed by atoms with E-state index in [4.69, 9.17) is 0 Å². The molecule has 0 saturated heterocycles. The van der Waals surface area contributed by atoms with Crippen LogP contribution in [0.1, 0.15) is 97.8 Å². The van der Waals surface area contributed by atoms with E-state index in [9.17, 15) is 0 Å². The summed E-state index contributed by atoms with van der Waals surface area (Å²) in [5.41, 5.74) is 0. The van der Waals surface area contributed by atoms with Crippen molar-refractivity contribution < 1.29 is 0 Å². The third-order valence-corrected chi connectivity index (χ3v) is 3.54. The topological polar surface area (TPSA) is 0 Å². The molecule has 0 aromatic heterocycles. The molecule has 0 rings (SSSR count). The van der Waals surface area contributed by atoms with Crippen molar-refractivity contribution in [3.8, 4) is 0 Å². The van der Waals surface area contributed by atoms with Gasteiger partial charge in [-0.15, -0.1) is 0 Å². The van der Waals surface area contributed by atoms with E-state index < -0.39 is 0 Å². The van der Waals surface area contributed by atoms with Crippen LogP contribution in [-0.4, -0.2) is 0 Å². The second kappa shape index (κ2) is 14.8. The third-order valence-electron chi connectivity index (χ3n) is 3.54. The van der Waals surface area contributed by atoms with Crippen molar-refractivity contribution in [1.29, 1.82) is 0 Å². The van der Waals surface area contributed by atoms with Crippen LogP contribution in [0.4, 0.5) is 0 Å². The van der Waals surface area contributed by atoms with Gasteiger partial charge in [0.25, 0.3) is 0 Å². The van der Waals surface area contributed by atoms with Gasteiger partial charge in [0.15, 0.2) is 0 Å². The Hall–Kier alpha value is -0.260. The van der Waals surface area contributed by atoms with Crippen LogP contribution in [0.25, 0.3) is 0 Å². The molecule has 108 valence electrons. The molecule has 0 aliphatic heterocycles. The van der Waals surface area contributed by atoms with E-state index >= 15 is 0 Å². The summed E-state index contributed by atoms with van der Waals surface area (Å²) in [4.78, 5) is 0. The fourth-order valence-corrected chi connectivity index (χ4v) is 2.27. The number of hydrogen-bond donors (Lipinski definition) is 0. The van der Waals surface area contributed by atoms with Gasteiger partial charge < -0.3 is 0 Å². The Morgan fingerprint density at radius 1 is 0.667 bits per heavy atom. The summed E-state index contributed by atoms with van der Waals surface area (Å²) in [6.07, 6.45) is 21.5. The molecule has 0 N–H and O–H groups in total. The van der Waals surface area contributed by atoms with E-state index in [1.165, 1.54) is 77.0 Å². The van der Waals surface area contributed by atoms with Crippen LogP contribution in [0.2, 0.25) is 0 Å². The molecule has 0 unspecified atom stereocenters. The van der Waals surface area contributed by atoms with Gasteiger partial charge in [0.1, 0.15) is 0 Å². The summed E-state index contributed by atoms with van der Waals surface area (Å²) >= 11 is 0. The van der Waals surface area contributed by atoms with Gasteiger partial charge in [0.2, 0.25) is 0 Å². The Morgan fingerprint density at radius 2 is 1.17 bits per heavy atom. The van der Waals surface area contributed by atoms with Crippen LogP contribution in [0.5, 0.6) is 0 Å². The Bertz CT molecular complexity index is 167. The second-order valence-electron chi connectivity index (χ2n) is 6.06. The predicted octanol–water partition coefficient (Wildman–Crippen LogP) is 6.90. The highest BCUT2D eigenvalue weighted by Crippen LogP contribution is 2.10. The van der Waals surface area contributed by atoms with Gasteiger partial charge in [0.05, 0.1) is 0 Å². The molecule has 0 bridgehead atoms. The quantitative estimate of drug-likeness (QED) is 0.247. The summed E-state index contributed by atoms with van der Waals surface area (Å²) in [7, 11) is 0. The average Bonchev–Trinajstić information content (AvgIpc) is 2.34. The molecule has 0 radical (unpaired) electrons. The van der Waals surface area contributed by atoms with Crippen molar-refractivity contribution in [2.75, 3.05) is 0 Å². The second-order valence-corrected chi connectivity index (χ2v) is 6.06. The van der Waals surface area contributed by atoms with E-state index in [-0.39, 0.29) is 0 Å². The Morgan fingerprint density at radius 3 is 1.72 bits per heavy atom. The van der Waals surface area contributed by atoms with Crippen LogP contribution < -0.4 is 0 Å². The highest BCUT2D eigenvalue weighted by molar-refractivity contribution is 4.81. The minimum atomic E-state index is 0.877. The normalized spacial score (nSPS) is 11.8. The summed E-state index contributed by atoms with van der Waals surface area (Å²) in [5, 5.41) is 0. The first-order valence-electron chi connectivity index (χ1n) is 8.42. The van der Waals surface area contributed by atoms with Crippen LogP contribution in [0.3, 0.4) is 0 Å². The molecule has 0 fully saturated rings. The fourth-order valence-electron chi connectivity index (χ4n) is 2.27. The van der Waals surface area contributed by atoms with Gasteiger partial charge >= 0.3 is 0 Å². The molecule has 0 heteroatoms. The average molecular weight is 252 g/mol. The zero-order valence-electron chi connectivity index (χ0n) is 13.2. The lowest BCUT2D eigenvalue weighted by atomic mass is 10.0. The summed E-state index contributed by atoms with van der Waals surface area (Å²) in [6, 6.07) is 0. The molecule has 0 aliphatic rings. The highest BCUT2D eigenvalue weighted by Gasteiger charge is 1.92. The first kappa shape index (κ1) is 17.7. The minimum Gasteiger partial charge on any atom is -0.0885 e. The fraction of sp³-hybridized carbons (Fsp3) is 0.889. The largest absolute Gasteiger partial charge is 0.0885 e. The molecule has 0 saturated carbocycles. The van der Waals surface area contributed by atoms with Gasteiger partial charge in [-0.1, -0.05) is 84.3 Å². The molecule has 0 aromatic carbocycles. The standard InChI is InChI=1S/C18H36/c1-4-5-6-7-8-9-10-11-12-13-14-15-16-17-18(2)3/h12-13,18H,4-11,14-17H2,1-3H3. The number of hydrogen-bond acceptors (Lipinski definition) is 0. The van der Waals surface area contributed by atoms with Gasteiger partial charge in [-0.3, -0.25) is 0 Å². The first-order valence-corrected chi connectivity index (χ1v) is 8.42. The lowest BCUT2D eigenvalue weighted by Gasteiger charge is -2.01. The molecule has 0 atom stereocenters. The molecular formula is C18H36. The van der Waals surface area contributed by atoms with Crippen LogP contribution in [0.15, 0.2) is 12.2 Å². The van der Waals surface area contributed by atoms with Gasteiger partial charge in [-0.05, 0) is 31.6 Å². The lowest BCUT2D eigenvalue weighted by Crippen LogP contribution is -1.85. The molecule has 0 spiro atoms. The highest BCUT2D eigenvalue weighted by atomic mass is 14.0. The molecule has 0 nitrogen and oxygen atoms in total. The maximum Gasteiger partial charge on any atom is -0.0351 e. The zero-order chi connectivity index (χ0) is 13.5. The third kappa shape index (κ3) is 15.7. The van der Waals surface area contributed by atoms with Crippen LogP contribution >= 0.6 is 0 Å². The maximum atomic E-state index is 2.40. The summed E-state index contributed by atoms with van der Waals surface area (Å²) < 4.78 is 0. The Balaban J connectivity index is 3.04. The molecule has 0 amide bonds. The van der Waals surface area contributed by atoms with Crippen LogP contribution in [-0.2, 0) is 0 Å². The van der Waals surface area contributed by atoms with E-state index in [2.05, 4.69) is 32.9 Å². The van der Waals surface area contributed by atoms with Crippen molar-refractivity contribution in [2.24, 2.45) is 5.92 Å². The summed E-state index contributed by atoms with van der Waals surface area (Å²) in [6.45, 7) is 6.92. The van der Waals surface area contributed by atoms with Gasteiger partial charge in [-0.25, -0.2) is 0 Å². The lowest BCUT2D eigenvalue weighted by molar-refractivity contribution is 0.540. The predicted molar refractivity (Wildman–Crippen MR) is 85.1 cm³/mol. The molecule has 18 heavy (non-hydrogen) atoms. The van der Waals surface area contributed by atoms with E-state index in [0.29, 0.717) is 0 Å². The summed E-state index contributed by atoms with van der Waals surface area (Å²) in [5.74, 6) is 0.877. The van der Waals surface area contributed by atoms with Crippen molar-refractivity contribution in [3.63, 3.8) is 0 Å². The Kier molecular flexibility index (Phi) is 14.6. The van der Waals surface area contributed by atoms with Crippen molar-refractivity contribution >= 4 is 0 Å². The molecule has 0 aromatic rings. The van der Waals surface area contributed by atoms with Crippen molar-refractivity contribution in [2.45, 2.75) is 97.8 Å². The van der Waals surface area contributed by atoms with Crippen molar-refractivity contribution in [3.05, 3.63) is 12.2 Å². The smallest absolute Gasteiger partial charge is 0.0351 e. The molecular weight excluding hydrogens is 216 g/mol. The Labute approximate surface area is 116 Å². The van der Waals surface area contributed by atoms with E-state index in [1.807, 2.05) is 0 Å². The van der Waals surface area contributed by atoms with E-state index in [1.54, 1.807) is 0 Å². The van der Waals surface area contributed by atoms with Crippen LogP contribution in [0, 0.1) is 5.92 Å². The van der Waals surface area contributed by atoms with E-state index in [0.717, 1.165) is 5.92 Å². The number of allylic oxidation sites excluding steroid dienone is 2. The molecule has 0 aliphatic carbocycles. The maximum absolute atomic E-state index is 2.40. The van der Waals surface area contributed by atoms with Gasteiger partial charge in [0, 0.05) is 0 Å². The monoisotopic (exact) mass is 252 g/mol. The number of unbranched alkanes of at least 4 members (excludes halogenated alkanes) is 9. The minimum absolute atomic E-state index is 0.877. The first-order chi connectivity index (χ1) is 8.77.